The van der Waals surface area contributed by atoms with Gasteiger partial charge in [0.1, 0.15) is 4.88 Å². The molecule has 0 aliphatic carbocycles. The minimum absolute atomic E-state index is 0.153. The normalized spacial score (nSPS) is 12.6. The van der Waals surface area contributed by atoms with E-state index in [4.69, 9.17) is 21.1 Å². The largest absolute Gasteiger partial charge is 0.454 e. The molecule has 0 bridgehead atoms. The number of carbonyl (C=O) groups excluding carboxylic acids is 2. The summed E-state index contributed by atoms with van der Waals surface area (Å²) in [4.78, 5) is 25.6. The first-order valence-corrected chi connectivity index (χ1v) is 11.5. The molecular weight excluding hydrogens is 474 g/mol. The van der Waals surface area contributed by atoms with Gasteiger partial charge in [0.05, 0.1) is 10.7 Å². The quantitative estimate of drug-likeness (QED) is 0.277. The molecule has 1 aliphatic heterocycles. The maximum atomic E-state index is 12.6. The molecule has 0 spiro atoms. The van der Waals surface area contributed by atoms with Crippen molar-refractivity contribution in [3.05, 3.63) is 87.8 Å². The van der Waals surface area contributed by atoms with Gasteiger partial charge in [0.15, 0.2) is 11.5 Å². The number of anilines is 1. The number of halogens is 1. The Hall–Kier alpha value is -3.88. The molecule has 0 saturated carbocycles. The van der Waals surface area contributed by atoms with E-state index >= 15 is 0 Å². The molecule has 2 heterocycles. The second-order valence-corrected chi connectivity index (χ2v) is 8.91. The van der Waals surface area contributed by atoms with Crippen LogP contribution in [0.1, 0.15) is 32.5 Å². The summed E-state index contributed by atoms with van der Waals surface area (Å²) >= 11 is 7.69. The molecule has 9 heteroatoms. The highest BCUT2D eigenvalue weighted by molar-refractivity contribution is 7.21. The Morgan fingerprint density at radius 2 is 1.68 bits per heavy atom. The van der Waals surface area contributed by atoms with Crippen molar-refractivity contribution in [1.82, 2.24) is 5.43 Å². The predicted molar refractivity (Wildman–Crippen MR) is 133 cm³/mol. The van der Waals surface area contributed by atoms with Crippen molar-refractivity contribution in [3.8, 4) is 11.5 Å². The average Bonchev–Trinajstić information content (AvgIpc) is 3.47. The molecule has 2 amide bonds. The SMILES string of the molecule is CC(=NNC(=O)c1sc2ccccc2c1Cl)c1ccc(NC(=O)c2ccc3c(c2)OCO3)cc1. The number of carbonyl (C=O) groups is 2. The summed E-state index contributed by atoms with van der Waals surface area (Å²) in [7, 11) is 0. The molecule has 4 aromatic rings. The number of hydrogen-bond acceptors (Lipinski definition) is 6. The molecular formula is C25H18ClN3O4S. The first-order valence-electron chi connectivity index (χ1n) is 10.3. The zero-order valence-electron chi connectivity index (χ0n) is 17.9. The van der Waals surface area contributed by atoms with Gasteiger partial charge in [-0.2, -0.15) is 5.10 Å². The van der Waals surface area contributed by atoms with Gasteiger partial charge in [-0.05, 0) is 48.9 Å². The fourth-order valence-corrected chi connectivity index (χ4v) is 4.85. The van der Waals surface area contributed by atoms with Crippen molar-refractivity contribution in [1.29, 1.82) is 0 Å². The van der Waals surface area contributed by atoms with E-state index in [0.717, 1.165) is 15.6 Å². The maximum Gasteiger partial charge on any atom is 0.283 e. The zero-order chi connectivity index (χ0) is 23.7. The number of amides is 2. The van der Waals surface area contributed by atoms with Crippen molar-refractivity contribution in [2.45, 2.75) is 6.92 Å². The number of nitrogens with zero attached hydrogens (tertiary/aromatic N) is 1. The topological polar surface area (TPSA) is 89.0 Å². The Morgan fingerprint density at radius 1 is 0.941 bits per heavy atom. The summed E-state index contributed by atoms with van der Waals surface area (Å²) < 4.78 is 11.5. The number of benzene rings is 3. The Morgan fingerprint density at radius 3 is 2.47 bits per heavy atom. The van der Waals surface area contributed by atoms with Gasteiger partial charge in [0.25, 0.3) is 11.8 Å². The molecule has 5 rings (SSSR count). The number of fused-ring (bicyclic) bond motifs is 2. The van der Waals surface area contributed by atoms with Gasteiger partial charge >= 0.3 is 0 Å². The summed E-state index contributed by atoms with van der Waals surface area (Å²) in [5.41, 5.74) is 5.07. The van der Waals surface area contributed by atoms with Crippen LogP contribution >= 0.6 is 22.9 Å². The van der Waals surface area contributed by atoms with E-state index in [1.165, 1.54) is 11.3 Å². The third-order valence-corrected chi connectivity index (χ3v) is 6.94. The maximum absolute atomic E-state index is 12.6. The van der Waals surface area contributed by atoms with Gasteiger partial charge in [-0.3, -0.25) is 9.59 Å². The lowest BCUT2D eigenvalue weighted by Crippen LogP contribution is -2.18. The molecule has 7 nitrogen and oxygen atoms in total. The van der Waals surface area contributed by atoms with Gasteiger partial charge in [0, 0.05) is 21.3 Å². The van der Waals surface area contributed by atoms with Crippen LogP contribution < -0.4 is 20.2 Å². The van der Waals surface area contributed by atoms with Gasteiger partial charge in [-0.1, -0.05) is 41.9 Å². The van der Waals surface area contributed by atoms with E-state index < -0.39 is 0 Å². The third-order valence-electron chi connectivity index (χ3n) is 5.26. The molecule has 1 aromatic heterocycles. The number of hydrogen-bond donors (Lipinski definition) is 2. The van der Waals surface area contributed by atoms with Gasteiger partial charge in [0.2, 0.25) is 6.79 Å². The first-order chi connectivity index (χ1) is 16.5. The summed E-state index contributed by atoms with van der Waals surface area (Å²) in [5, 5.41) is 8.32. The molecule has 3 aromatic carbocycles. The second kappa shape index (κ2) is 9.17. The summed E-state index contributed by atoms with van der Waals surface area (Å²) in [6.07, 6.45) is 0. The van der Waals surface area contributed by atoms with E-state index in [0.29, 0.717) is 38.4 Å². The van der Waals surface area contributed by atoms with Crippen LogP contribution in [0.5, 0.6) is 11.5 Å². The van der Waals surface area contributed by atoms with Crippen LogP contribution in [0.15, 0.2) is 71.8 Å². The molecule has 0 fully saturated rings. The fraction of sp³-hybridized carbons (Fsp3) is 0.0800. The van der Waals surface area contributed by atoms with Gasteiger partial charge in [-0.25, -0.2) is 5.43 Å². The van der Waals surface area contributed by atoms with Crippen LogP contribution in [0, 0.1) is 0 Å². The highest BCUT2D eigenvalue weighted by atomic mass is 35.5. The van der Waals surface area contributed by atoms with Gasteiger partial charge < -0.3 is 14.8 Å². The van der Waals surface area contributed by atoms with Crippen molar-refractivity contribution in [2.75, 3.05) is 12.1 Å². The van der Waals surface area contributed by atoms with E-state index in [2.05, 4.69) is 15.8 Å². The number of rotatable bonds is 5. The van der Waals surface area contributed by atoms with E-state index in [-0.39, 0.29) is 18.6 Å². The van der Waals surface area contributed by atoms with Crippen LogP contribution in [-0.4, -0.2) is 24.3 Å². The predicted octanol–water partition coefficient (Wildman–Crippen LogP) is 5.69. The molecule has 0 atom stereocenters. The number of ether oxygens (including phenoxy) is 2. The summed E-state index contributed by atoms with van der Waals surface area (Å²) in [6, 6.07) is 19.8. The molecule has 34 heavy (non-hydrogen) atoms. The summed E-state index contributed by atoms with van der Waals surface area (Å²) in [6.45, 7) is 1.94. The lowest BCUT2D eigenvalue weighted by molar-refractivity contribution is 0.0958. The van der Waals surface area contributed by atoms with E-state index in [1.54, 1.807) is 37.3 Å². The Bertz CT molecular complexity index is 1450. The molecule has 0 saturated heterocycles. The molecule has 2 N–H and O–H groups in total. The third kappa shape index (κ3) is 4.33. The Balaban J connectivity index is 1.24. The minimum atomic E-state index is -0.363. The van der Waals surface area contributed by atoms with Crippen LogP contribution in [0.25, 0.3) is 10.1 Å². The van der Waals surface area contributed by atoms with Crippen molar-refractivity contribution >= 4 is 56.2 Å². The average molecular weight is 492 g/mol. The molecule has 1 aliphatic rings. The lowest BCUT2D eigenvalue weighted by Gasteiger charge is -2.07. The number of hydrazone groups is 1. The zero-order valence-corrected chi connectivity index (χ0v) is 19.5. The van der Waals surface area contributed by atoms with Crippen LogP contribution in [0.3, 0.4) is 0 Å². The van der Waals surface area contributed by atoms with Crippen molar-refractivity contribution in [2.24, 2.45) is 5.10 Å². The Labute approximate surface area is 204 Å². The van der Waals surface area contributed by atoms with Gasteiger partial charge in [-0.15, -0.1) is 11.3 Å². The van der Waals surface area contributed by atoms with Crippen LogP contribution in [0.4, 0.5) is 5.69 Å². The number of nitrogens with one attached hydrogen (secondary N) is 2. The smallest absolute Gasteiger partial charge is 0.283 e. The van der Waals surface area contributed by atoms with E-state index in [9.17, 15) is 9.59 Å². The molecule has 0 radical (unpaired) electrons. The molecule has 0 unspecified atom stereocenters. The second-order valence-electron chi connectivity index (χ2n) is 7.48. The number of thiophene rings is 1. The van der Waals surface area contributed by atoms with E-state index in [1.807, 2.05) is 36.4 Å². The first kappa shape index (κ1) is 21.9. The minimum Gasteiger partial charge on any atom is -0.454 e. The van der Waals surface area contributed by atoms with Crippen molar-refractivity contribution < 1.29 is 19.1 Å². The fourth-order valence-electron chi connectivity index (χ4n) is 3.45. The monoisotopic (exact) mass is 491 g/mol. The molecule has 170 valence electrons. The van der Waals surface area contributed by atoms with Crippen LogP contribution in [-0.2, 0) is 0 Å². The Kier molecular flexibility index (Phi) is 5.91. The van der Waals surface area contributed by atoms with Crippen molar-refractivity contribution in [3.63, 3.8) is 0 Å². The summed E-state index contributed by atoms with van der Waals surface area (Å²) in [5.74, 6) is 0.549. The highest BCUT2D eigenvalue weighted by Crippen LogP contribution is 2.35. The lowest BCUT2D eigenvalue weighted by atomic mass is 10.1. The van der Waals surface area contributed by atoms with Crippen LogP contribution in [0.2, 0.25) is 5.02 Å². The standard InChI is InChI=1S/C25H18ClN3O4S/c1-14(28-29-25(31)23-22(26)18-4-2-3-5-21(18)34-23)15-6-9-17(10-7-15)27-24(30)16-8-11-19-20(12-16)33-13-32-19/h2-12H,13H2,1H3,(H,27,30)(H,29,31). The highest BCUT2D eigenvalue weighted by Gasteiger charge is 2.17.